The van der Waals surface area contributed by atoms with Gasteiger partial charge in [0.1, 0.15) is 6.33 Å². The number of nitrogens with zero attached hydrogens (tertiary/aromatic N) is 2. The van der Waals surface area contributed by atoms with E-state index in [9.17, 15) is 0 Å². The molecule has 0 amide bonds. The second-order valence-corrected chi connectivity index (χ2v) is 5.26. The van der Waals surface area contributed by atoms with Crippen molar-refractivity contribution in [2.75, 3.05) is 5.73 Å². The minimum atomic E-state index is 0.685. The highest BCUT2D eigenvalue weighted by molar-refractivity contribution is 8.00. The zero-order valence-electron chi connectivity index (χ0n) is 7.68. The summed E-state index contributed by atoms with van der Waals surface area (Å²) in [6.07, 6.45) is 1.55. The van der Waals surface area contributed by atoms with E-state index in [2.05, 4.69) is 9.36 Å². The summed E-state index contributed by atoms with van der Waals surface area (Å²) in [5.74, 6) is 0.786. The normalized spacial score (nSPS) is 10.5. The molecule has 78 valence electrons. The number of aromatic nitrogens is 2. The molecule has 6 heteroatoms. The highest BCUT2D eigenvalue weighted by atomic mass is 35.5. The van der Waals surface area contributed by atoms with Gasteiger partial charge in [-0.3, -0.25) is 0 Å². The largest absolute Gasteiger partial charge is 0.399 e. The first-order chi connectivity index (χ1) is 7.25. The highest BCUT2D eigenvalue weighted by Gasteiger charge is 2.03. The molecule has 0 saturated carbocycles. The van der Waals surface area contributed by atoms with Crippen LogP contribution in [-0.2, 0) is 5.75 Å². The molecule has 2 N–H and O–H groups in total. The summed E-state index contributed by atoms with van der Waals surface area (Å²) in [5, 5.41) is 0.701. The molecule has 0 radical (unpaired) electrons. The molecule has 1 aromatic carbocycles. The van der Waals surface area contributed by atoms with Crippen molar-refractivity contribution in [2.45, 2.75) is 10.1 Å². The number of nitrogens with two attached hydrogens (primary N) is 1. The molecule has 0 aliphatic heterocycles. The van der Waals surface area contributed by atoms with Crippen LogP contribution in [0.25, 0.3) is 0 Å². The van der Waals surface area contributed by atoms with Crippen molar-refractivity contribution in [3.63, 3.8) is 0 Å². The van der Waals surface area contributed by atoms with Gasteiger partial charge in [-0.05, 0) is 29.2 Å². The van der Waals surface area contributed by atoms with Crippen molar-refractivity contribution in [2.24, 2.45) is 0 Å². The topological polar surface area (TPSA) is 51.8 Å². The number of halogens is 1. The number of rotatable bonds is 3. The predicted molar refractivity (Wildman–Crippen MR) is 65.3 cm³/mol. The van der Waals surface area contributed by atoms with E-state index in [1.165, 1.54) is 11.5 Å². The van der Waals surface area contributed by atoms with Gasteiger partial charge in [-0.25, -0.2) is 4.98 Å². The molecule has 3 nitrogen and oxygen atoms in total. The van der Waals surface area contributed by atoms with Crippen molar-refractivity contribution in [3.05, 3.63) is 35.1 Å². The molecule has 0 aliphatic rings. The smallest absolute Gasteiger partial charge is 0.170 e. The van der Waals surface area contributed by atoms with E-state index >= 15 is 0 Å². The van der Waals surface area contributed by atoms with E-state index in [-0.39, 0.29) is 0 Å². The lowest BCUT2D eigenvalue weighted by Gasteiger charge is -2.02. The number of hydrogen-bond donors (Lipinski definition) is 1. The van der Waals surface area contributed by atoms with Crippen molar-refractivity contribution in [3.8, 4) is 0 Å². The Morgan fingerprint density at radius 1 is 1.47 bits per heavy atom. The quantitative estimate of drug-likeness (QED) is 0.678. The molecular formula is C9H8ClN3S2. The summed E-state index contributed by atoms with van der Waals surface area (Å²) in [5.41, 5.74) is 7.35. The summed E-state index contributed by atoms with van der Waals surface area (Å²) in [6, 6.07) is 5.55. The number of nitrogen functional groups attached to an aromatic ring is 1. The lowest BCUT2D eigenvalue weighted by atomic mass is 10.2. The Morgan fingerprint density at radius 3 is 3.00 bits per heavy atom. The Hall–Kier alpha value is -0.780. The molecule has 0 aliphatic carbocycles. The van der Waals surface area contributed by atoms with E-state index in [0.29, 0.717) is 10.7 Å². The van der Waals surface area contributed by atoms with Crippen molar-refractivity contribution in [1.29, 1.82) is 0 Å². The van der Waals surface area contributed by atoms with Crippen LogP contribution in [0.15, 0.2) is 28.9 Å². The monoisotopic (exact) mass is 257 g/mol. The first-order valence-corrected chi connectivity index (χ1v) is 6.33. The molecule has 0 fully saturated rings. The second kappa shape index (κ2) is 4.83. The SMILES string of the molecule is Nc1ccc(CSc2ncns2)c(Cl)c1. The minimum Gasteiger partial charge on any atom is -0.399 e. The fraction of sp³-hybridized carbons (Fsp3) is 0.111. The second-order valence-electron chi connectivity index (χ2n) is 2.85. The molecular weight excluding hydrogens is 250 g/mol. The first-order valence-electron chi connectivity index (χ1n) is 4.19. The summed E-state index contributed by atoms with van der Waals surface area (Å²) in [6.45, 7) is 0. The fourth-order valence-corrected chi connectivity index (χ4v) is 2.83. The molecule has 0 saturated heterocycles. The van der Waals surface area contributed by atoms with Crippen molar-refractivity contribution in [1.82, 2.24) is 9.36 Å². The predicted octanol–water partition coefficient (Wildman–Crippen LogP) is 3.07. The van der Waals surface area contributed by atoms with Gasteiger partial charge in [-0.2, -0.15) is 4.37 Å². The van der Waals surface area contributed by atoms with E-state index < -0.39 is 0 Å². The van der Waals surface area contributed by atoms with Crippen LogP contribution in [0.3, 0.4) is 0 Å². The Morgan fingerprint density at radius 2 is 2.33 bits per heavy atom. The molecule has 15 heavy (non-hydrogen) atoms. The van der Waals surface area contributed by atoms with Gasteiger partial charge < -0.3 is 5.73 Å². The Labute approximate surface area is 101 Å². The third kappa shape index (κ3) is 2.84. The molecule has 0 spiro atoms. The van der Waals surface area contributed by atoms with E-state index in [0.717, 1.165) is 15.7 Å². The molecule has 2 aromatic rings. The van der Waals surface area contributed by atoms with Gasteiger partial charge in [0.15, 0.2) is 4.34 Å². The lowest BCUT2D eigenvalue weighted by molar-refractivity contribution is 1.21. The number of thioether (sulfide) groups is 1. The minimum absolute atomic E-state index is 0.685. The third-order valence-corrected chi connectivity index (χ3v) is 3.97. The zero-order chi connectivity index (χ0) is 10.7. The average Bonchev–Trinajstić information content (AvgIpc) is 2.69. The van der Waals surface area contributed by atoms with Gasteiger partial charge in [-0.15, -0.1) is 0 Å². The molecule has 0 bridgehead atoms. The van der Waals surface area contributed by atoms with Gasteiger partial charge in [0.05, 0.1) is 0 Å². The Balaban J connectivity index is 2.05. The van der Waals surface area contributed by atoms with Crippen LogP contribution < -0.4 is 5.73 Å². The maximum absolute atomic E-state index is 6.04. The first kappa shape index (κ1) is 10.7. The molecule has 0 atom stereocenters. The highest BCUT2D eigenvalue weighted by Crippen LogP contribution is 2.28. The van der Waals surface area contributed by atoms with Crippen LogP contribution in [-0.4, -0.2) is 9.36 Å². The average molecular weight is 258 g/mol. The van der Waals surface area contributed by atoms with Gasteiger partial charge in [0.25, 0.3) is 0 Å². The Bertz CT molecular complexity index is 445. The fourth-order valence-electron chi connectivity index (χ4n) is 1.05. The molecule has 0 unspecified atom stereocenters. The summed E-state index contributed by atoms with van der Waals surface area (Å²) in [7, 11) is 0. The summed E-state index contributed by atoms with van der Waals surface area (Å²) >= 11 is 9.05. The maximum Gasteiger partial charge on any atom is 0.170 e. The van der Waals surface area contributed by atoms with Crippen LogP contribution >= 0.6 is 34.9 Å². The number of benzene rings is 1. The van der Waals surface area contributed by atoms with Gasteiger partial charge in [0, 0.05) is 16.5 Å². The van der Waals surface area contributed by atoms with Crippen molar-refractivity contribution < 1.29 is 0 Å². The van der Waals surface area contributed by atoms with Gasteiger partial charge in [0.2, 0.25) is 0 Å². The maximum atomic E-state index is 6.04. The van der Waals surface area contributed by atoms with Crippen LogP contribution in [0.4, 0.5) is 5.69 Å². The van der Waals surface area contributed by atoms with Crippen LogP contribution in [0.2, 0.25) is 5.02 Å². The Kier molecular flexibility index (Phi) is 3.45. The van der Waals surface area contributed by atoms with Crippen LogP contribution in [0, 0.1) is 0 Å². The van der Waals surface area contributed by atoms with Crippen LogP contribution in [0.1, 0.15) is 5.56 Å². The standard InChI is InChI=1S/C9H8ClN3S2/c10-8-3-7(11)2-1-6(8)4-14-9-12-5-13-15-9/h1-3,5H,4,11H2. The summed E-state index contributed by atoms with van der Waals surface area (Å²) < 4.78 is 4.87. The van der Waals surface area contributed by atoms with E-state index in [1.54, 1.807) is 24.2 Å². The van der Waals surface area contributed by atoms with Gasteiger partial charge in [-0.1, -0.05) is 29.4 Å². The lowest BCUT2D eigenvalue weighted by Crippen LogP contribution is -1.87. The third-order valence-electron chi connectivity index (χ3n) is 1.77. The number of anilines is 1. The zero-order valence-corrected chi connectivity index (χ0v) is 10.1. The van der Waals surface area contributed by atoms with E-state index in [1.807, 2.05) is 12.1 Å². The van der Waals surface area contributed by atoms with Crippen LogP contribution in [0.5, 0.6) is 0 Å². The van der Waals surface area contributed by atoms with E-state index in [4.69, 9.17) is 17.3 Å². The number of hydrogen-bond acceptors (Lipinski definition) is 5. The van der Waals surface area contributed by atoms with Gasteiger partial charge >= 0.3 is 0 Å². The molecule has 1 aromatic heterocycles. The molecule has 1 heterocycles. The molecule has 2 rings (SSSR count). The van der Waals surface area contributed by atoms with Crippen molar-refractivity contribution >= 4 is 40.6 Å². The summed E-state index contributed by atoms with van der Waals surface area (Å²) in [4.78, 5) is 4.08.